The lowest BCUT2D eigenvalue weighted by Crippen LogP contribution is -2.42. The van der Waals surface area contributed by atoms with Crippen molar-refractivity contribution in [3.05, 3.63) is 72.3 Å². The number of rotatable bonds is 8. The number of carbonyl (C=O) groups excluding carboxylic acids is 1. The topological polar surface area (TPSA) is 66.9 Å². The maximum absolute atomic E-state index is 13.2. The summed E-state index contributed by atoms with van der Waals surface area (Å²) in [6, 6.07) is 13.8. The van der Waals surface area contributed by atoms with Gasteiger partial charge in [-0.05, 0) is 55.7 Å². The predicted molar refractivity (Wildman–Crippen MR) is 122 cm³/mol. The van der Waals surface area contributed by atoms with Crippen molar-refractivity contribution in [2.75, 3.05) is 20.2 Å². The summed E-state index contributed by atoms with van der Waals surface area (Å²) in [6.07, 6.45) is 4.41. The lowest BCUT2D eigenvalue weighted by atomic mass is 10.1. The quantitative estimate of drug-likeness (QED) is 0.578. The van der Waals surface area contributed by atoms with Gasteiger partial charge < -0.3 is 9.64 Å². The molecule has 1 atom stereocenters. The SMILES string of the molecule is C=CCN(Cc1ccc(OC)cc1)C(=O)c1cccc(S(=O)(=O)N2CCCCC2C)c1. The lowest BCUT2D eigenvalue weighted by Gasteiger charge is -2.32. The van der Waals surface area contributed by atoms with E-state index in [2.05, 4.69) is 6.58 Å². The van der Waals surface area contributed by atoms with Gasteiger partial charge in [-0.15, -0.1) is 6.58 Å². The summed E-state index contributed by atoms with van der Waals surface area (Å²) in [4.78, 5) is 15.0. The molecular formula is C24H30N2O4S. The minimum atomic E-state index is -3.64. The zero-order valence-corrected chi connectivity index (χ0v) is 19.0. The minimum absolute atomic E-state index is 0.0366. The normalized spacial score (nSPS) is 17.2. The van der Waals surface area contributed by atoms with Gasteiger partial charge in [-0.1, -0.05) is 30.7 Å². The Morgan fingerprint density at radius 1 is 1.23 bits per heavy atom. The monoisotopic (exact) mass is 442 g/mol. The minimum Gasteiger partial charge on any atom is -0.497 e. The van der Waals surface area contributed by atoms with Crippen molar-refractivity contribution in [3.63, 3.8) is 0 Å². The van der Waals surface area contributed by atoms with E-state index >= 15 is 0 Å². The average Bonchev–Trinajstić information content (AvgIpc) is 2.79. The van der Waals surface area contributed by atoms with Gasteiger partial charge in [-0.2, -0.15) is 4.31 Å². The summed E-state index contributed by atoms with van der Waals surface area (Å²) in [5.74, 6) is 0.509. The van der Waals surface area contributed by atoms with Gasteiger partial charge in [-0.3, -0.25) is 4.79 Å². The van der Waals surface area contributed by atoms with Crippen LogP contribution in [0.3, 0.4) is 0 Å². The maximum Gasteiger partial charge on any atom is 0.254 e. The van der Waals surface area contributed by atoms with Gasteiger partial charge in [0.25, 0.3) is 5.91 Å². The predicted octanol–water partition coefficient (Wildman–Crippen LogP) is 4.09. The molecule has 1 amide bonds. The second-order valence-electron chi connectivity index (χ2n) is 7.81. The molecule has 0 aromatic heterocycles. The first kappa shape index (κ1) is 23.0. The lowest BCUT2D eigenvalue weighted by molar-refractivity contribution is 0.0762. The van der Waals surface area contributed by atoms with Gasteiger partial charge in [-0.25, -0.2) is 8.42 Å². The first-order valence-corrected chi connectivity index (χ1v) is 12.0. The Balaban J connectivity index is 1.84. The summed E-state index contributed by atoms with van der Waals surface area (Å²) >= 11 is 0. The molecule has 0 bridgehead atoms. The van der Waals surface area contributed by atoms with E-state index in [0.29, 0.717) is 25.2 Å². The molecular weight excluding hydrogens is 412 g/mol. The standard InChI is InChI=1S/C24H30N2O4S/c1-4-15-25(18-20-11-13-22(30-3)14-12-20)24(27)21-9-7-10-23(17-21)31(28,29)26-16-6-5-8-19(26)2/h4,7,9-14,17,19H,1,5-6,8,15-16,18H2,2-3H3. The fourth-order valence-electron chi connectivity index (χ4n) is 3.86. The van der Waals surface area contributed by atoms with Gasteiger partial charge >= 0.3 is 0 Å². The number of ether oxygens (including phenoxy) is 1. The van der Waals surface area contributed by atoms with Crippen LogP contribution in [0.4, 0.5) is 0 Å². The van der Waals surface area contributed by atoms with Crippen LogP contribution in [0, 0.1) is 0 Å². The van der Waals surface area contributed by atoms with E-state index in [1.54, 1.807) is 40.6 Å². The zero-order chi connectivity index (χ0) is 22.4. The third-order valence-corrected chi connectivity index (χ3v) is 7.61. The Bertz CT molecular complexity index is 1020. The molecule has 1 aliphatic heterocycles. The molecule has 2 aromatic rings. The Morgan fingerprint density at radius 3 is 2.61 bits per heavy atom. The molecule has 7 heteroatoms. The summed E-state index contributed by atoms with van der Waals surface area (Å²) in [5.41, 5.74) is 1.29. The van der Waals surface area contributed by atoms with Crippen LogP contribution in [0.2, 0.25) is 0 Å². The molecule has 6 nitrogen and oxygen atoms in total. The van der Waals surface area contributed by atoms with Crippen LogP contribution in [-0.2, 0) is 16.6 Å². The van der Waals surface area contributed by atoms with Crippen molar-refractivity contribution in [1.29, 1.82) is 0 Å². The van der Waals surface area contributed by atoms with Gasteiger partial charge in [0, 0.05) is 31.2 Å². The van der Waals surface area contributed by atoms with Crippen LogP contribution < -0.4 is 4.74 Å². The van der Waals surface area contributed by atoms with Crippen LogP contribution in [0.25, 0.3) is 0 Å². The Kier molecular flexibility index (Phi) is 7.51. The first-order chi connectivity index (χ1) is 14.9. The number of methoxy groups -OCH3 is 1. The highest BCUT2D eigenvalue weighted by molar-refractivity contribution is 7.89. The third kappa shape index (κ3) is 5.35. The molecule has 0 radical (unpaired) electrons. The van der Waals surface area contributed by atoms with E-state index in [1.807, 2.05) is 31.2 Å². The van der Waals surface area contributed by atoms with Gasteiger partial charge in [0.1, 0.15) is 5.75 Å². The molecule has 166 valence electrons. The van der Waals surface area contributed by atoms with Crippen molar-refractivity contribution in [2.45, 2.75) is 43.7 Å². The summed E-state index contributed by atoms with van der Waals surface area (Å²) in [6.45, 7) is 6.94. The van der Waals surface area contributed by atoms with E-state index in [1.165, 1.54) is 6.07 Å². The molecule has 1 fully saturated rings. The fraction of sp³-hybridized carbons (Fsp3) is 0.375. The zero-order valence-electron chi connectivity index (χ0n) is 18.2. The second-order valence-corrected chi connectivity index (χ2v) is 9.70. The molecule has 0 spiro atoms. The highest BCUT2D eigenvalue weighted by Gasteiger charge is 2.31. The van der Waals surface area contributed by atoms with Crippen LogP contribution in [0.15, 0.2) is 66.1 Å². The molecule has 0 saturated carbocycles. The third-order valence-electron chi connectivity index (χ3n) is 5.60. The van der Waals surface area contributed by atoms with Gasteiger partial charge in [0.05, 0.1) is 12.0 Å². The van der Waals surface area contributed by atoms with E-state index < -0.39 is 10.0 Å². The number of hydrogen-bond donors (Lipinski definition) is 0. The molecule has 1 aliphatic rings. The van der Waals surface area contributed by atoms with Gasteiger partial charge in [0.15, 0.2) is 0 Å². The van der Waals surface area contributed by atoms with Crippen molar-refractivity contribution in [3.8, 4) is 5.75 Å². The summed E-state index contributed by atoms with van der Waals surface area (Å²) in [5, 5.41) is 0. The number of carbonyl (C=O) groups is 1. The molecule has 1 heterocycles. The number of piperidine rings is 1. The van der Waals surface area contributed by atoms with E-state index in [-0.39, 0.29) is 16.8 Å². The molecule has 1 unspecified atom stereocenters. The highest BCUT2D eigenvalue weighted by atomic mass is 32.2. The molecule has 1 saturated heterocycles. The Hall–Kier alpha value is -2.64. The van der Waals surface area contributed by atoms with E-state index in [4.69, 9.17) is 4.74 Å². The molecule has 31 heavy (non-hydrogen) atoms. The molecule has 0 N–H and O–H groups in total. The molecule has 3 rings (SSSR count). The number of nitrogens with zero attached hydrogens (tertiary/aromatic N) is 2. The van der Waals surface area contributed by atoms with Crippen molar-refractivity contribution < 1.29 is 17.9 Å². The van der Waals surface area contributed by atoms with Crippen LogP contribution in [0.5, 0.6) is 5.75 Å². The van der Waals surface area contributed by atoms with Crippen LogP contribution in [0.1, 0.15) is 42.1 Å². The average molecular weight is 443 g/mol. The first-order valence-electron chi connectivity index (χ1n) is 10.5. The number of sulfonamides is 1. The summed E-state index contributed by atoms with van der Waals surface area (Å²) < 4.78 is 33.1. The summed E-state index contributed by atoms with van der Waals surface area (Å²) in [7, 11) is -2.04. The van der Waals surface area contributed by atoms with Crippen molar-refractivity contribution >= 4 is 15.9 Å². The largest absolute Gasteiger partial charge is 0.497 e. The van der Waals surface area contributed by atoms with E-state index in [0.717, 1.165) is 30.6 Å². The molecule has 2 aromatic carbocycles. The van der Waals surface area contributed by atoms with Crippen molar-refractivity contribution in [2.24, 2.45) is 0 Å². The maximum atomic E-state index is 13.2. The smallest absolute Gasteiger partial charge is 0.254 e. The van der Waals surface area contributed by atoms with E-state index in [9.17, 15) is 13.2 Å². The Labute approximate surface area is 185 Å². The van der Waals surface area contributed by atoms with Crippen molar-refractivity contribution in [1.82, 2.24) is 9.21 Å². The van der Waals surface area contributed by atoms with Gasteiger partial charge in [0.2, 0.25) is 10.0 Å². The second kappa shape index (κ2) is 10.1. The number of hydrogen-bond acceptors (Lipinski definition) is 4. The Morgan fingerprint density at radius 2 is 1.97 bits per heavy atom. The highest BCUT2D eigenvalue weighted by Crippen LogP contribution is 2.26. The van der Waals surface area contributed by atoms with Crippen LogP contribution >= 0.6 is 0 Å². The number of benzene rings is 2. The van der Waals surface area contributed by atoms with Crippen LogP contribution in [-0.4, -0.2) is 49.8 Å². The number of amides is 1. The molecule has 0 aliphatic carbocycles. The fourth-order valence-corrected chi connectivity index (χ4v) is 5.61.